The molecule has 12 heavy (non-hydrogen) atoms. The second-order valence-corrected chi connectivity index (χ2v) is 2.13. The zero-order valence-electron chi connectivity index (χ0n) is 7.02. The summed E-state index contributed by atoms with van der Waals surface area (Å²) in [5.74, 6) is 0.557. The fourth-order valence-electron chi connectivity index (χ4n) is 0.886. The summed E-state index contributed by atoms with van der Waals surface area (Å²) in [6, 6.07) is 7.01. The quantitative estimate of drug-likeness (QED) is 0.695. The third-order valence-electron chi connectivity index (χ3n) is 1.46. The lowest BCUT2D eigenvalue weighted by atomic mass is 10.3. The first-order valence-corrected chi connectivity index (χ1v) is 3.45. The normalized spacial score (nSPS) is 9.58. The molecular formula is C8H11NO3. The maximum Gasteiger partial charge on any atom is 0.147 e. The number of methoxy groups -OCH3 is 1. The molecule has 0 aromatic heterocycles. The SMILES string of the molecule is COc1ccccc1N(O)OC. The van der Waals surface area contributed by atoms with Crippen LogP contribution in [0.3, 0.4) is 0 Å². The predicted octanol–water partition coefficient (Wildman–Crippen LogP) is 1.45. The molecule has 1 aromatic rings. The lowest BCUT2D eigenvalue weighted by Gasteiger charge is -2.15. The van der Waals surface area contributed by atoms with Crippen LogP contribution in [-0.4, -0.2) is 19.4 Å². The molecule has 0 amide bonds. The predicted molar refractivity (Wildman–Crippen MR) is 44.3 cm³/mol. The Morgan fingerprint density at radius 1 is 1.25 bits per heavy atom. The van der Waals surface area contributed by atoms with Crippen molar-refractivity contribution in [2.24, 2.45) is 0 Å². The summed E-state index contributed by atoms with van der Waals surface area (Å²) in [5.41, 5.74) is 0.475. The number of hydrogen-bond acceptors (Lipinski definition) is 4. The summed E-state index contributed by atoms with van der Waals surface area (Å²) in [7, 11) is 2.90. The van der Waals surface area contributed by atoms with Gasteiger partial charge >= 0.3 is 0 Å². The molecule has 0 fully saturated rings. The molecule has 1 rings (SSSR count). The fourth-order valence-corrected chi connectivity index (χ4v) is 0.886. The van der Waals surface area contributed by atoms with Crippen molar-refractivity contribution in [1.29, 1.82) is 0 Å². The number of ether oxygens (including phenoxy) is 1. The fraction of sp³-hybridized carbons (Fsp3) is 0.250. The van der Waals surface area contributed by atoms with Crippen molar-refractivity contribution in [2.75, 3.05) is 19.4 Å². The summed E-state index contributed by atoms with van der Waals surface area (Å²) in [6.45, 7) is 0. The van der Waals surface area contributed by atoms with Crippen LogP contribution in [0.1, 0.15) is 0 Å². The first kappa shape index (κ1) is 8.83. The van der Waals surface area contributed by atoms with Gasteiger partial charge in [0.15, 0.2) is 0 Å². The van der Waals surface area contributed by atoms with Crippen LogP contribution in [0.15, 0.2) is 24.3 Å². The largest absolute Gasteiger partial charge is 0.494 e. The van der Waals surface area contributed by atoms with E-state index in [2.05, 4.69) is 4.84 Å². The van der Waals surface area contributed by atoms with Gasteiger partial charge in [-0.1, -0.05) is 12.1 Å². The van der Waals surface area contributed by atoms with Gasteiger partial charge in [-0.3, -0.25) is 10.0 Å². The second kappa shape index (κ2) is 3.94. The van der Waals surface area contributed by atoms with Gasteiger partial charge in [-0.2, -0.15) is 0 Å². The van der Waals surface area contributed by atoms with E-state index in [9.17, 15) is 5.21 Å². The smallest absolute Gasteiger partial charge is 0.147 e. The summed E-state index contributed by atoms with van der Waals surface area (Å²) in [6.07, 6.45) is 0. The van der Waals surface area contributed by atoms with Gasteiger partial charge in [-0.05, 0) is 12.1 Å². The molecule has 0 saturated heterocycles. The topological polar surface area (TPSA) is 41.9 Å². The standard InChI is InChI=1S/C8H11NO3/c1-11-8-6-4-3-5-7(8)9(10)12-2/h3-6,10H,1-2H3. The summed E-state index contributed by atoms with van der Waals surface area (Å²) >= 11 is 0. The molecule has 0 aliphatic carbocycles. The molecule has 4 heteroatoms. The van der Waals surface area contributed by atoms with Crippen LogP contribution in [0.4, 0.5) is 5.69 Å². The van der Waals surface area contributed by atoms with E-state index in [0.717, 1.165) is 0 Å². The van der Waals surface area contributed by atoms with Crippen molar-refractivity contribution >= 4 is 5.69 Å². The van der Waals surface area contributed by atoms with E-state index in [0.29, 0.717) is 16.7 Å². The minimum Gasteiger partial charge on any atom is -0.494 e. The number of anilines is 1. The van der Waals surface area contributed by atoms with Gasteiger partial charge in [0, 0.05) is 0 Å². The Labute approximate surface area is 70.9 Å². The van der Waals surface area contributed by atoms with Crippen molar-refractivity contribution in [2.45, 2.75) is 0 Å². The highest BCUT2D eigenvalue weighted by Crippen LogP contribution is 2.25. The van der Waals surface area contributed by atoms with Crippen molar-refractivity contribution in [3.05, 3.63) is 24.3 Å². The lowest BCUT2D eigenvalue weighted by Crippen LogP contribution is -2.16. The monoisotopic (exact) mass is 169 g/mol. The van der Waals surface area contributed by atoms with Crippen LogP contribution in [0.25, 0.3) is 0 Å². The van der Waals surface area contributed by atoms with Crippen LogP contribution < -0.4 is 9.96 Å². The van der Waals surface area contributed by atoms with Crippen molar-refractivity contribution in [3.8, 4) is 5.75 Å². The molecule has 0 atom stereocenters. The van der Waals surface area contributed by atoms with E-state index in [1.807, 2.05) is 6.07 Å². The van der Waals surface area contributed by atoms with Crippen LogP contribution in [0.5, 0.6) is 5.75 Å². The van der Waals surface area contributed by atoms with Gasteiger partial charge in [0.05, 0.1) is 14.2 Å². The van der Waals surface area contributed by atoms with E-state index < -0.39 is 0 Å². The summed E-state index contributed by atoms with van der Waals surface area (Å²) in [4.78, 5) is 4.59. The molecule has 1 aromatic carbocycles. The highest BCUT2D eigenvalue weighted by atomic mass is 16.9. The number of benzene rings is 1. The molecular weight excluding hydrogens is 158 g/mol. The molecule has 0 bridgehead atoms. The van der Waals surface area contributed by atoms with E-state index >= 15 is 0 Å². The zero-order valence-corrected chi connectivity index (χ0v) is 7.02. The average Bonchev–Trinajstić information content (AvgIpc) is 2.16. The Morgan fingerprint density at radius 3 is 2.50 bits per heavy atom. The van der Waals surface area contributed by atoms with Gasteiger partial charge in [-0.25, -0.2) is 0 Å². The molecule has 1 N–H and O–H groups in total. The molecule has 4 nitrogen and oxygen atoms in total. The Kier molecular flexibility index (Phi) is 2.90. The van der Waals surface area contributed by atoms with Gasteiger partial charge in [0.2, 0.25) is 0 Å². The summed E-state index contributed by atoms with van der Waals surface area (Å²) < 4.78 is 4.99. The van der Waals surface area contributed by atoms with Crippen LogP contribution >= 0.6 is 0 Å². The number of para-hydroxylation sites is 2. The zero-order chi connectivity index (χ0) is 8.97. The maximum absolute atomic E-state index is 9.17. The molecule has 0 spiro atoms. The van der Waals surface area contributed by atoms with Crippen LogP contribution in [0.2, 0.25) is 0 Å². The molecule has 66 valence electrons. The Hall–Kier alpha value is -1.26. The highest BCUT2D eigenvalue weighted by Gasteiger charge is 2.07. The Balaban J connectivity index is 2.96. The van der Waals surface area contributed by atoms with E-state index in [-0.39, 0.29) is 0 Å². The molecule has 0 aliphatic rings. The van der Waals surface area contributed by atoms with Crippen LogP contribution in [-0.2, 0) is 4.84 Å². The van der Waals surface area contributed by atoms with Gasteiger partial charge < -0.3 is 4.74 Å². The van der Waals surface area contributed by atoms with Crippen LogP contribution in [0, 0.1) is 0 Å². The van der Waals surface area contributed by atoms with Gasteiger partial charge in [0.25, 0.3) is 0 Å². The number of rotatable bonds is 3. The third-order valence-corrected chi connectivity index (χ3v) is 1.46. The lowest BCUT2D eigenvalue weighted by molar-refractivity contribution is -0.0119. The van der Waals surface area contributed by atoms with E-state index in [4.69, 9.17) is 4.74 Å². The number of hydrogen-bond donors (Lipinski definition) is 1. The molecule has 0 heterocycles. The summed E-state index contributed by atoms with van der Waals surface area (Å²) in [5, 5.41) is 9.82. The Morgan fingerprint density at radius 2 is 1.92 bits per heavy atom. The maximum atomic E-state index is 9.17. The first-order valence-electron chi connectivity index (χ1n) is 3.45. The van der Waals surface area contributed by atoms with Crippen molar-refractivity contribution in [1.82, 2.24) is 0 Å². The van der Waals surface area contributed by atoms with E-state index in [1.165, 1.54) is 14.2 Å². The van der Waals surface area contributed by atoms with E-state index in [1.54, 1.807) is 18.2 Å². The minimum absolute atomic E-state index is 0.475. The average molecular weight is 169 g/mol. The molecule has 0 saturated carbocycles. The highest BCUT2D eigenvalue weighted by molar-refractivity contribution is 5.54. The third kappa shape index (κ3) is 1.66. The molecule has 0 unspecified atom stereocenters. The van der Waals surface area contributed by atoms with Crippen molar-refractivity contribution in [3.63, 3.8) is 0 Å². The van der Waals surface area contributed by atoms with Gasteiger partial charge in [0.1, 0.15) is 11.4 Å². The minimum atomic E-state index is 0.475. The van der Waals surface area contributed by atoms with Gasteiger partial charge in [-0.15, -0.1) is 5.23 Å². The molecule has 0 radical (unpaired) electrons. The number of nitrogens with zero attached hydrogens (tertiary/aromatic N) is 1. The second-order valence-electron chi connectivity index (χ2n) is 2.13. The molecule has 0 aliphatic heterocycles. The van der Waals surface area contributed by atoms with Crippen molar-refractivity contribution < 1.29 is 14.8 Å². The Bertz CT molecular complexity index is 252. The first-order chi connectivity index (χ1) is 5.79.